The highest BCUT2D eigenvalue weighted by Gasteiger charge is 2.13. The first kappa shape index (κ1) is 12.2. The SMILES string of the molecule is Cc1cc(Br)c(-n2cccc2C(=O)O)cc1Cl. The van der Waals surface area contributed by atoms with Crippen LogP contribution in [0.2, 0.25) is 5.02 Å². The number of halogens is 2. The highest BCUT2D eigenvalue weighted by molar-refractivity contribution is 9.10. The van der Waals surface area contributed by atoms with E-state index >= 15 is 0 Å². The number of rotatable bonds is 2. The maximum Gasteiger partial charge on any atom is 0.352 e. The van der Waals surface area contributed by atoms with Crippen molar-refractivity contribution in [1.82, 2.24) is 4.57 Å². The van der Waals surface area contributed by atoms with E-state index in [0.717, 1.165) is 10.0 Å². The van der Waals surface area contributed by atoms with E-state index in [1.165, 1.54) is 0 Å². The van der Waals surface area contributed by atoms with Crippen molar-refractivity contribution in [1.29, 1.82) is 0 Å². The first-order valence-electron chi connectivity index (χ1n) is 4.87. The van der Waals surface area contributed by atoms with Crippen LogP contribution in [0.15, 0.2) is 34.9 Å². The molecular weight excluding hydrogens is 305 g/mol. The number of nitrogens with zero attached hydrogens (tertiary/aromatic N) is 1. The summed E-state index contributed by atoms with van der Waals surface area (Å²) in [6.07, 6.45) is 1.69. The van der Waals surface area contributed by atoms with Crippen LogP contribution in [0.1, 0.15) is 16.1 Å². The molecule has 88 valence electrons. The molecule has 0 radical (unpaired) electrons. The standard InChI is InChI=1S/C12H9BrClNO2/c1-7-5-8(13)11(6-9(7)14)15-4-2-3-10(15)12(16)17/h2-6H,1H3,(H,16,17). The fraction of sp³-hybridized carbons (Fsp3) is 0.0833. The summed E-state index contributed by atoms with van der Waals surface area (Å²) >= 11 is 9.47. The van der Waals surface area contributed by atoms with E-state index in [0.29, 0.717) is 10.7 Å². The van der Waals surface area contributed by atoms with E-state index in [9.17, 15) is 4.79 Å². The number of aromatic carboxylic acids is 1. The van der Waals surface area contributed by atoms with Gasteiger partial charge in [-0.1, -0.05) is 11.6 Å². The third-order valence-corrected chi connectivity index (χ3v) is 3.50. The molecule has 0 aliphatic heterocycles. The molecule has 1 heterocycles. The summed E-state index contributed by atoms with van der Waals surface area (Å²) in [4.78, 5) is 11.1. The zero-order chi connectivity index (χ0) is 12.6. The zero-order valence-corrected chi connectivity index (χ0v) is 11.3. The minimum Gasteiger partial charge on any atom is -0.477 e. The Kier molecular flexibility index (Phi) is 3.26. The average molecular weight is 315 g/mol. The Morgan fingerprint density at radius 3 is 2.82 bits per heavy atom. The molecule has 2 rings (SSSR count). The van der Waals surface area contributed by atoms with Gasteiger partial charge in [0.1, 0.15) is 5.69 Å². The second-order valence-electron chi connectivity index (χ2n) is 3.62. The van der Waals surface area contributed by atoms with Crippen LogP contribution in [-0.4, -0.2) is 15.6 Å². The van der Waals surface area contributed by atoms with Crippen LogP contribution in [0.5, 0.6) is 0 Å². The average Bonchev–Trinajstić information content (AvgIpc) is 2.72. The Hall–Kier alpha value is -1.26. The predicted octanol–water partition coefficient (Wildman–Crippen LogP) is 3.90. The highest BCUT2D eigenvalue weighted by Crippen LogP contribution is 2.29. The van der Waals surface area contributed by atoms with Crippen molar-refractivity contribution in [3.8, 4) is 5.69 Å². The molecule has 0 saturated carbocycles. The third kappa shape index (κ3) is 2.23. The molecule has 0 spiro atoms. The lowest BCUT2D eigenvalue weighted by molar-refractivity contribution is 0.0688. The van der Waals surface area contributed by atoms with Crippen LogP contribution < -0.4 is 0 Å². The van der Waals surface area contributed by atoms with E-state index < -0.39 is 5.97 Å². The Morgan fingerprint density at radius 1 is 1.47 bits per heavy atom. The van der Waals surface area contributed by atoms with Crippen molar-refractivity contribution in [3.63, 3.8) is 0 Å². The summed E-state index contributed by atoms with van der Waals surface area (Å²) in [5.41, 5.74) is 1.85. The maximum absolute atomic E-state index is 11.1. The van der Waals surface area contributed by atoms with Crippen LogP contribution >= 0.6 is 27.5 Å². The molecule has 1 aromatic carbocycles. The van der Waals surface area contributed by atoms with E-state index in [-0.39, 0.29) is 5.69 Å². The number of hydrogen-bond acceptors (Lipinski definition) is 1. The molecule has 17 heavy (non-hydrogen) atoms. The van der Waals surface area contributed by atoms with E-state index in [1.807, 2.05) is 13.0 Å². The molecule has 0 aliphatic rings. The molecule has 2 aromatic rings. The van der Waals surface area contributed by atoms with Crippen molar-refractivity contribution < 1.29 is 9.90 Å². The molecule has 0 saturated heterocycles. The number of carboxylic acids is 1. The van der Waals surface area contributed by atoms with Gasteiger partial charge in [0.05, 0.1) is 5.69 Å². The fourth-order valence-corrected chi connectivity index (χ4v) is 2.39. The molecule has 0 aliphatic carbocycles. The van der Waals surface area contributed by atoms with Gasteiger partial charge < -0.3 is 9.67 Å². The largest absolute Gasteiger partial charge is 0.477 e. The molecular formula is C12H9BrClNO2. The molecule has 0 unspecified atom stereocenters. The third-order valence-electron chi connectivity index (χ3n) is 2.46. The van der Waals surface area contributed by atoms with Crippen LogP contribution in [0.3, 0.4) is 0 Å². The van der Waals surface area contributed by atoms with Gasteiger partial charge in [-0.25, -0.2) is 4.79 Å². The fourth-order valence-electron chi connectivity index (χ4n) is 1.59. The van der Waals surface area contributed by atoms with Gasteiger partial charge in [0.15, 0.2) is 0 Å². The summed E-state index contributed by atoms with van der Waals surface area (Å²) in [6.45, 7) is 1.89. The minimum absolute atomic E-state index is 0.200. The molecule has 5 heteroatoms. The summed E-state index contributed by atoms with van der Waals surface area (Å²) in [5, 5.41) is 9.67. The number of carboxylic acid groups (broad SMARTS) is 1. The van der Waals surface area contributed by atoms with E-state index in [2.05, 4.69) is 15.9 Å². The Morgan fingerprint density at radius 2 is 2.18 bits per heavy atom. The monoisotopic (exact) mass is 313 g/mol. The summed E-state index contributed by atoms with van der Waals surface area (Å²) in [6, 6.07) is 6.84. The van der Waals surface area contributed by atoms with Crippen molar-refractivity contribution in [2.24, 2.45) is 0 Å². The molecule has 0 fully saturated rings. The zero-order valence-electron chi connectivity index (χ0n) is 8.95. The van der Waals surface area contributed by atoms with Crippen LogP contribution in [0, 0.1) is 6.92 Å². The molecule has 0 atom stereocenters. The predicted molar refractivity (Wildman–Crippen MR) is 70.2 cm³/mol. The van der Waals surface area contributed by atoms with Gasteiger partial charge in [0.25, 0.3) is 0 Å². The normalized spacial score (nSPS) is 10.5. The van der Waals surface area contributed by atoms with Gasteiger partial charge in [0, 0.05) is 15.7 Å². The number of aromatic nitrogens is 1. The lowest BCUT2D eigenvalue weighted by Crippen LogP contribution is -2.06. The number of benzene rings is 1. The van der Waals surface area contributed by atoms with Crippen LogP contribution in [0.25, 0.3) is 5.69 Å². The molecule has 1 aromatic heterocycles. The summed E-state index contributed by atoms with van der Waals surface area (Å²) in [7, 11) is 0. The van der Waals surface area contributed by atoms with Crippen LogP contribution in [0.4, 0.5) is 0 Å². The molecule has 0 bridgehead atoms. The van der Waals surface area contributed by atoms with Crippen LogP contribution in [-0.2, 0) is 0 Å². The van der Waals surface area contributed by atoms with Crippen molar-refractivity contribution in [2.45, 2.75) is 6.92 Å². The smallest absolute Gasteiger partial charge is 0.352 e. The molecule has 0 amide bonds. The number of aryl methyl sites for hydroxylation is 1. The van der Waals surface area contributed by atoms with Crippen molar-refractivity contribution in [3.05, 3.63) is 51.2 Å². The van der Waals surface area contributed by atoms with Crippen molar-refractivity contribution in [2.75, 3.05) is 0 Å². The van der Waals surface area contributed by atoms with Gasteiger partial charge in [-0.3, -0.25) is 0 Å². The quantitative estimate of drug-likeness (QED) is 0.913. The summed E-state index contributed by atoms with van der Waals surface area (Å²) < 4.78 is 2.38. The number of carbonyl (C=O) groups is 1. The Balaban J connectivity index is 2.64. The second-order valence-corrected chi connectivity index (χ2v) is 4.88. The Labute approximate surface area is 112 Å². The minimum atomic E-state index is -0.974. The first-order chi connectivity index (χ1) is 8.00. The Bertz CT molecular complexity index is 592. The lowest BCUT2D eigenvalue weighted by Gasteiger charge is -2.10. The summed E-state index contributed by atoms with van der Waals surface area (Å²) in [5.74, 6) is -0.974. The van der Waals surface area contributed by atoms with E-state index in [4.69, 9.17) is 16.7 Å². The molecule has 1 N–H and O–H groups in total. The van der Waals surface area contributed by atoms with Gasteiger partial charge in [0.2, 0.25) is 0 Å². The number of hydrogen-bond donors (Lipinski definition) is 1. The lowest BCUT2D eigenvalue weighted by atomic mass is 10.2. The molecule has 3 nitrogen and oxygen atoms in total. The van der Waals surface area contributed by atoms with Gasteiger partial charge in [-0.05, 0) is 52.7 Å². The van der Waals surface area contributed by atoms with Gasteiger partial charge >= 0.3 is 5.97 Å². The first-order valence-corrected chi connectivity index (χ1v) is 6.04. The van der Waals surface area contributed by atoms with Gasteiger partial charge in [-0.15, -0.1) is 0 Å². The van der Waals surface area contributed by atoms with E-state index in [1.54, 1.807) is 29.0 Å². The van der Waals surface area contributed by atoms with Gasteiger partial charge in [-0.2, -0.15) is 0 Å². The topological polar surface area (TPSA) is 42.2 Å². The van der Waals surface area contributed by atoms with Crippen molar-refractivity contribution >= 4 is 33.5 Å². The highest BCUT2D eigenvalue weighted by atomic mass is 79.9. The maximum atomic E-state index is 11.1. The second kappa shape index (κ2) is 4.55.